The van der Waals surface area contributed by atoms with E-state index >= 15 is 0 Å². The molecule has 0 aliphatic carbocycles. The van der Waals surface area contributed by atoms with Gasteiger partial charge in [0, 0.05) is 50.9 Å². The van der Waals surface area contributed by atoms with Gasteiger partial charge in [-0.25, -0.2) is 0 Å². The van der Waals surface area contributed by atoms with Crippen molar-refractivity contribution in [1.29, 1.82) is 0 Å². The molecular weight excluding hydrogens is 356 g/mol. The minimum atomic E-state index is 0.491. The van der Waals surface area contributed by atoms with E-state index in [9.17, 15) is 0 Å². The van der Waals surface area contributed by atoms with Crippen molar-refractivity contribution >= 4 is 21.9 Å². The smallest absolute Gasteiger partial charge is 0.191 e. The number of guanidine groups is 1. The van der Waals surface area contributed by atoms with Crippen LogP contribution in [0, 0.1) is 0 Å². The third-order valence-electron chi connectivity index (χ3n) is 4.07. The van der Waals surface area contributed by atoms with Crippen LogP contribution in [0.5, 0.6) is 0 Å². The van der Waals surface area contributed by atoms with Crippen LogP contribution in [0.2, 0.25) is 0 Å². The molecule has 128 valence electrons. The minimum Gasteiger partial charge on any atom is -0.383 e. The van der Waals surface area contributed by atoms with Crippen LogP contribution in [0.4, 0.5) is 0 Å². The Kier molecular flexibility index (Phi) is 7.85. The number of likely N-dealkylation sites (tertiary alicyclic amines) is 1. The summed E-state index contributed by atoms with van der Waals surface area (Å²) in [4.78, 5) is 6.79. The normalized spacial score (nSPS) is 17.3. The highest BCUT2D eigenvalue weighted by atomic mass is 79.9. The summed E-state index contributed by atoms with van der Waals surface area (Å²) >= 11 is 3.48. The first-order valence-electron chi connectivity index (χ1n) is 8.14. The zero-order chi connectivity index (χ0) is 16.5. The van der Waals surface area contributed by atoms with Crippen molar-refractivity contribution in [1.82, 2.24) is 15.5 Å². The molecule has 1 heterocycles. The molecule has 0 amide bonds. The fraction of sp³-hybridized carbons (Fsp3) is 0.588. The summed E-state index contributed by atoms with van der Waals surface area (Å²) in [5, 5.41) is 6.78. The van der Waals surface area contributed by atoms with E-state index in [0.29, 0.717) is 12.6 Å². The van der Waals surface area contributed by atoms with Gasteiger partial charge in [-0.15, -0.1) is 0 Å². The Labute approximate surface area is 147 Å². The predicted molar refractivity (Wildman–Crippen MR) is 98.8 cm³/mol. The molecule has 0 radical (unpaired) electrons. The third-order valence-corrected chi connectivity index (χ3v) is 4.60. The van der Waals surface area contributed by atoms with Crippen LogP contribution in [-0.2, 0) is 11.3 Å². The second-order valence-corrected chi connectivity index (χ2v) is 6.73. The molecule has 0 unspecified atom stereocenters. The van der Waals surface area contributed by atoms with Crippen LogP contribution >= 0.6 is 15.9 Å². The molecule has 1 aliphatic rings. The summed E-state index contributed by atoms with van der Waals surface area (Å²) < 4.78 is 6.19. The van der Waals surface area contributed by atoms with E-state index in [0.717, 1.165) is 49.5 Å². The van der Waals surface area contributed by atoms with E-state index in [1.54, 1.807) is 7.11 Å². The van der Waals surface area contributed by atoms with Gasteiger partial charge in [-0.1, -0.05) is 28.1 Å². The second kappa shape index (κ2) is 9.90. The molecule has 6 heteroatoms. The zero-order valence-electron chi connectivity index (χ0n) is 14.0. The van der Waals surface area contributed by atoms with Crippen LogP contribution < -0.4 is 10.6 Å². The van der Waals surface area contributed by atoms with Gasteiger partial charge in [-0.05, 0) is 30.5 Å². The number of nitrogens with one attached hydrogen (secondary N) is 2. The van der Waals surface area contributed by atoms with E-state index in [-0.39, 0.29) is 0 Å². The fourth-order valence-electron chi connectivity index (χ4n) is 2.74. The molecular formula is C17H27BrN4O. The van der Waals surface area contributed by atoms with Crippen LogP contribution in [0.1, 0.15) is 18.4 Å². The van der Waals surface area contributed by atoms with E-state index < -0.39 is 0 Å². The average molecular weight is 383 g/mol. The molecule has 5 nitrogen and oxygen atoms in total. The minimum absolute atomic E-state index is 0.491. The van der Waals surface area contributed by atoms with Gasteiger partial charge in [0.1, 0.15) is 0 Å². The molecule has 1 fully saturated rings. The largest absolute Gasteiger partial charge is 0.383 e. The SMILES string of the molecule is CN=C(NCCOC)NC1CCN(Cc2ccc(Br)cc2)CC1. The first-order chi connectivity index (χ1) is 11.2. The maximum atomic E-state index is 5.05. The molecule has 1 aromatic carbocycles. The Balaban J connectivity index is 1.71. The number of nitrogens with zero attached hydrogens (tertiary/aromatic N) is 2. The molecule has 1 aromatic rings. The third kappa shape index (κ3) is 6.49. The first kappa shape index (κ1) is 18.2. The van der Waals surface area contributed by atoms with E-state index in [2.05, 4.69) is 60.7 Å². The van der Waals surface area contributed by atoms with Gasteiger partial charge < -0.3 is 15.4 Å². The molecule has 2 N–H and O–H groups in total. The van der Waals surface area contributed by atoms with Crippen molar-refractivity contribution in [2.75, 3.05) is 40.4 Å². The number of benzene rings is 1. The van der Waals surface area contributed by atoms with Crippen molar-refractivity contribution in [3.8, 4) is 0 Å². The summed E-state index contributed by atoms with van der Waals surface area (Å²) in [6, 6.07) is 9.09. The van der Waals surface area contributed by atoms with Gasteiger partial charge in [0.15, 0.2) is 5.96 Å². The quantitative estimate of drug-likeness (QED) is 0.449. The molecule has 0 saturated carbocycles. The summed E-state index contributed by atoms with van der Waals surface area (Å²) in [7, 11) is 3.52. The number of piperidine rings is 1. The van der Waals surface area contributed by atoms with Crippen molar-refractivity contribution in [2.45, 2.75) is 25.4 Å². The molecule has 1 saturated heterocycles. The number of hydrogen-bond acceptors (Lipinski definition) is 3. The maximum Gasteiger partial charge on any atom is 0.191 e. The lowest BCUT2D eigenvalue weighted by Gasteiger charge is -2.33. The van der Waals surface area contributed by atoms with Crippen LogP contribution in [0.3, 0.4) is 0 Å². The molecule has 2 rings (SSSR count). The summed E-state index contributed by atoms with van der Waals surface area (Å²) in [6.45, 7) is 4.72. The Morgan fingerprint density at radius 2 is 2.00 bits per heavy atom. The Hall–Kier alpha value is -1.11. The Bertz CT molecular complexity index is 484. The van der Waals surface area contributed by atoms with Gasteiger partial charge in [-0.2, -0.15) is 0 Å². The molecule has 0 bridgehead atoms. The Morgan fingerprint density at radius 3 is 2.61 bits per heavy atom. The van der Waals surface area contributed by atoms with Crippen LogP contribution in [-0.4, -0.2) is 57.3 Å². The number of rotatable bonds is 6. The number of hydrogen-bond donors (Lipinski definition) is 2. The number of halogens is 1. The van der Waals surface area contributed by atoms with Crippen LogP contribution in [0.25, 0.3) is 0 Å². The van der Waals surface area contributed by atoms with Gasteiger partial charge in [-0.3, -0.25) is 9.89 Å². The summed E-state index contributed by atoms with van der Waals surface area (Å²) in [5.41, 5.74) is 1.37. The van der Waals surface area contributed by atoms with Crippen LogP contribution in [0.15, 0.2) is 33.7 Å². The van der Waals surface area contributed by atoms with Gasteiger partial charge in [0.05, 0.1) is 6.61 Å². The topological polar surface area (TPSA) is 48.9 Å². The molecule has 23 heavy (non-hydrogen) atoms. The molecule has 0 spiro atoms. The molecule has 0 aromatic heterocycles. The second-order valence-electron chi connectivity index (χ2n) is 5.81. The predicted octanol–water partition coefficient (Wildman–Crippen LogP) is 2.22. The first-order valence-corrected chi connectivity index (χ1v) is 8.93. The number of aliphatic imine (C=N–C) groups is 1. The van der Waals surface area contributed by atoms with E-state index in [1.807, 2.05) is 7.05 Å². The average Bonchev–Trinajstić information content (AvgIpc) is 2.58. The molecule has 1 aliphatic heterocycles. The van der Waals surface area contributed by atoms with Gasteiger partial charge >= 0.3 is 0 Å². The Morgan fingerprint density at radius 1 is 1.30 bits per heavy atom. The fourth-order valence-corrected chi connectivity index (χ4v) is 3.01. The zero-order valence-corrected chi connectivity index (χ0v) is 15.6. The van der Waals surface area contributed by atoms with Crippen molar-refractivity contribution in [3.05, 3.63) is 34.3 Å². The number of ether oxygens (including phenoxy) is 1. The highest BCUT2D eigenvalue weighted by Gasteiger charge is 2.19. The van der Waals surface area contributed by atoms with E-state index in [1.165, 1.54) is 5.56 Å². The lowest BCUT2D eigenvalue weighted by molar-refractivity contribution is 0.196. The van der Waals surface area contributed by atoms with Gasteiger partial charge in [0.2, 0.25) is 0 Å². The summed E-state index contributed by atoms with van der Waals surface area (Å²) in [6.07, 6.45) is 2.28. The lowest BCUT2D eigenvalue weighted by Crippen LogP contribution is -2.49. The standard InChI is InChI=1S/C17H27BrN4O/c1-19-17(20-9-12-23-2)21-16-7-10-22(11-8-16)13-14-3-5-15(18)6-4-14/h3-6,16H,7-13H2,1-2H3,(H2,19,20,21). The van der Waals surface area contributed by atoms with Crippen molar-refractivity contribution in [3.63, 3.8) is 0 Å². The van der Waals surface area contributed by atoms with Gasteiger partial charge in [0.25, 0.3) is 0 Å². The monoisotopic (exact) mass is 382 g/mol. The highest BCUT2D eigenvalue weighted by Crippen LogP contribution is 2.16. The lowest BCUT2D eigenvalue weighted by atomic mass is 10.0. The summed E-state index contributed by atoms with van der Waals surface area (Å²) in [5.74, 6) is 0.869. The highest BCUT2D eigenvalue weighted by molar-refractivity contribution is 9.10. The van der Waals surface area contributed by atoms with Crippen molar-refractivity contribution < 1.29 is 4.74 Å². The molecule has 0 atom stereocenters. The maximum absolute atomic E-state index is 5.05. The van der Waals surface area contributed by atoms with Crippen molar-refractivity contribution in [2.24, 2.45) is 4.99 Å². The number of methoxy groups -OCH3 is 1. The van der Waals surface area contributed by atoms with E-state index in [4.69, 9.17) is 4.74 Å².